The van der Waals surface area contributed by atoms with Crippen LogP contribution in [0.25, 0.3) is 0 Å². The number of nitrogens with two attached hydrogens (primary N) is 1. The fraction of sp³-hybridized carbons (Fsp3) is 0.625. The molecule has 116 valence electrons. The van der Waals surface area contributed by atoms with E-state index in [1.807, 2.05) is 0 Å². The summed E-state index contributed by atoms with van der Waals surface area (Å²) in [5.74, 6) is 1.64. The third kappa shape index (κ3) is 3.52. The standard InChI is InChI=1S/C16H23BrN2O2/c17-13-8-11(9-15-16(13)21-7-3-6-20-15)14(10-18)19-12-4-1-2-5-12/h8-9,12,14,19H,1-7,10,18H2. The molecule has 1 aliphatic heterocycles. The third-order valence-corrected chi connectivity index (χ3v) is 4.84. The maximum Gasteiger partial charge on any atom is 0.175 e. The van der Waals surface area contributed by atoms with E-state index in [0.717, 1.165) is 22.4 Å². The molecule has 1 aliphatic carbocycles. The molecule has 5 heteroatoms. The van der Waals surface area contributed by atoms with Gasteiger partial charge in [-0.3, -0.25) is 0 Å². The van der Waals surface area contributed by atoms with Gasteiger partial charge in [-0.15, -0.1) is 0 Å². The summed E-state index contributed by atoms with van der Waals surface area (Å²) in [7, 11) is 0. The van der Waals surface area contributed by atoms with Gasteiger partial charge in [-0.25, -0.2) is 0 Å². The SMILES string of the molecule is NCC(NC1CCCC1)c1cc(Br)c2c(c1)OCCCO2. The van der Waals surface area contributed by atoms with Crippen LogP contribution in [-0.4, -0.2) is 25.8 Å². The lowest BCUT2D eigenvalue weighted by Gasteiger charge is -2.23. The van der Waals surface area contributed by atoms with Crippen LogP contribution in [-0.2, 0) is 0 Å². The Morgan fingerprint density at radius 2 is 1.95 bits per heavy atom. The number of ether oxygens (including phenoxy) is 2. The molecule has 3 rings (SSSR count). The molecule has 1 fully saturated rings. The van der Waals surface area contributed by atoms with Crippen LogP contribution >= 0.6 is 15.9 Å². The van der Waals surface area contributed by atoms with Gasteiger partial charge >= 0.3 is 0 Å². The Bertz CT molecular complexity index is 489. The van der Waals surface area contributed by atoms with Crippen molar-refractivity contribution in [3.63, 3.8) is 0 Å². The molecule has 2 aliphatic rings. The topological polar surface area (TPSA) is 56.5 Å². The molecule has 0 spiro atoms. The summed E-state index contributed by atoms with van der Waals surface area (Å²) in [4.78, 5) is 0. The highest BCUT2D eigenvalue weighted by Crippen LogP contribution is 2.39. The number of fused-ring (bicyclic) bond motifs is 1. The van der Waals surface area contributed by atoms with Gasteiger partial charge in [0.25, 0.3) is 0 Å². The molecule has 3 N–H and O–H groups in total. The second-order valence-corrected chi connectivity index (χ2v) is 6.67. The van der Waals surface area contributed by atoms with E-state index in [4.69, 9.17) is 15.2 Å². The summed E-state index contributed by atoms with van der Waals surface area (Å²) in [6.45, 7) is 1.99. The van der Waals surface area contributed by atoms with Crippen molar-refractivity contribution >= 4 is 15.9 Å². The van der Waals surface area contributed by atoms with E-state index >= 15 is 0 Å². The van der Waals surface area contributed by atoms with Crippen LogP contribution in [0.2, 0.25) is 0 Å². The summed E-state index contributed by atoms with van der Waals surface area (Å²) < 4.78 is 12.5. The normalized spacial score (nSPS) is 20.3. The maximum absolute atomic E-state index is 5.99. The maximum atomic E-state index is 5.99. The van der Waals surface area contributed by atoms with Crippen LogP contribution in [0, 0.1) is 0 Å². The summed E-state index contributed by atoms with van der Waals surface area (Å²) in [5.41, 5.74) is 7.16. The van der Waals surface area contributed by atoms with E-state index in [1.165, 1.54) is 31.2 Å². The van der Waals surface area contributed by atoms with Gasteiger partial charge < -0.3 is 20.5 Å². The summed E-state index contributed by atoms with van der Waals surface area (Å²) in [6.07, 6.45) is 6.06. The number of halogens is 1. The van der Waals surface area contributed by atoms with Crippen LogP contribution in [0.15, 0.2) is 16.6 Å². The first-order valence-electron chi connectivity index (χ1n) is 7.83. The Labute approximate surface area is 134 Å². The molecule has 0 saturated heterocycles. The van der Waals surface area contributed by atoms with E-state index < -0.39 is 0 Å². The molecule has 1 saturated carbocycles. The average molecular weight is 355 g/mol. The van der Waals surface area contributed by atoms with Crippen LogP contribution in [0.1, 0.15) is 43.7 Å². The highest BCUT2D eigenvalue weighted by Gasteiger charge is 2.22. The van der Waals surface area contributed by atoms with Crippen molar-refractivity contribution in [3.05, 3.63) is 22.2 Å². The zero-order valence-electron chi connectivity index (χ0n) is 12.2. The fourth-order valence-corrected chi connectivity index (χ4v) is 3.70. The minimum Gasteiger partial charge on any atom is -0.490 e. The Morgan fingerprint density at radius 1 is 1.19 bits per heavy atom. The predicted octanol–water partition coefficient (Wildman–Crippen LogP) is 3.14. The van der Waals surface area contributed by atoms with Crippen LogP contribution in [0.3, 0.4) is 0 Å². The largest absolute Gasteiger partial charge is 0.490 e. The van der Waals surface area contributed by atoms with E-state index in [1.54, 1.807) is 0 Å². The Kier molecular flexibility index (Phi) is 5.03. The minimum atomic E-state index is 0.168. The van der Waals surface area contributed by atoms with Gasteiger partial charge in [0.1, 0.15) is 0 Å². The van der Waals surface area contributed by atoms with Crippen molar-refractivity contribution in [1.29, 1.82) is 0 Å². The summed E-state index contributed by atoms with van der Waals surface area (Å²) >= 11 is 3.60. The van der Waals surface area contributed by atoms with Gasteiger partial charge in [0.05, 0.1) is 17.7 Å². The molecule has 1 unspecified atom stereocenters. The average Bonchev–Trinajstić information content (AvgIpc) is 2.88. The minimum absolute atomic E-state index is 0.168. The smallest absolute Gasteiger partial charge is 0.175 e. The molecule has 0 aromatic heterocycles. The van der Waals surface area contributed by atoms with Gasteiger partial charge in [-0.05, 0) is 46.5 Å². The Balaban J connectivity index is 1.82. The van der Waals surface area contributed by atoms with E-state index in [9.17, 15) is 0 Å². The Morgan fingerprint density at radius 3 is 2.71 bits per heavy atom. The van der Waals surface area contributed by atoms with Crippen LogP contribution in [0.5, 0.6) is 11.5 Å². The van der Waals surface area contributed by atoms with E-state index in [2.05, 4.69) is 33.4 Å². The number of hydrogen-bond donors (Lipinski definition) is 2. The predicted molar refractivity (Wildman–Crippen MR) is 86.9 cm³/mol. The second kappa shape index (κ2) is 6.99. The van der Waals surface area contributed by atoms with Crippen molar-refractivity contribution in [1.82, 2.24) is 5.32 Å². The molecular weight excluding hydrogens is 332 g/mol. The molecular formula is C16H23BrN2O2. The van der Waals surface area contributed by atoms with E-state index in [-0.39, 0.29) is 6.04 Å². The van der Waals surface area contributed by atoms with Gasteiger partial charge in [0, 0.05) is 25.0 Å². The summed E-state index contributed by atoms with van der Waals surface area (Å²) in [5, 5.41) is 3.69. The third-order valence-electron chi connectivity index (χ3n) is 4.25. The number of rotatable bonds is 4. The number of nitrogens with one attached hydrogen (secondary N) is 1. The highest BCUT2D eigenvalue weighted by molar-refractivity contribution is 9.10. The molecule has 1 aromatic rings. The molecule has 1 atom stereocenters. The molecule has 1 heterocycles. The first-order valence-corrected chi connectivity index (χ1v) is 8.62. The van der Waals surface area contributed by atoms with Crippen LogP contribution in [0.4, 0.5) is 0 Å². The molecule has 0 amide bonds. The monoisotopic (exact) mass is 354 g/mol. The Hall–Kier alpha value is -0.780. The van der Waals surface area contributed by atoms with Crippen molar-refractivity contribution in [2.75, 3.05) is 19.8 Å². The number of benzene rings is 1. The first-order chi connectivity index (χ1) is 10.3. The first kappa shape index (κ1) is 15.1. The molecule has 1 aromatic carbocycles. The van der Waals surface area contributed by atoms with Crippen molar-refractivity contribution in [3.8, 4) is 11.5 Å². The van der Waals surface area contributed by atoms with Gasteiger partial charge in [-0.2, -0.15) is 0 Å². The molecule has 21 heavy (non-hydrogen) atoms. The van der Waals surface area contributed by atoms with Gasteiger partial charge in [0.15, 0.2) is 11.5 Å². The van der Waals surface area contributed by atoms with Gasteiger partial charge in [0.2, 0.25) is 0 Å². The van der Waals surface area contributed by atoms with Crippen molar-refractivity contribution in [2.45, 2.75) is 44.2 Å². The lowest BCUT2D eigenvalue weighted by Crippen LogP contribution is -2.35. The molecule has 0 bridgehead atoms. The van der Waals surface area contributed by atoms with Crippen molar-refractivity contribution in [2.24, 2.45) is 5.73 Å². The number of hydrogen-bond acceptors (Lipinski definition) is 4. The lowest BCUT2D eigenvalue weighted by molar-refractivity contribution is 0.296. The summed E-state index contributed by atoms with van der Waals surface area (Å²) in [6, 6.07) is 4.94. The fourth-order valence-electron chi connectivity index (χ4n) is 3.13. The van der Waals surface area contributed by atoms with Gasteiger partial charge in [-0.1, -0.05) is 12.8 Å². The lowest BCUT2D eigenvalue weighted by atomic mass is 10.0. The van der Waals surface area contributed by atoms with Crippen LogP contribution < -0.4 is 20.5 Å². The second-order valence-electron chi connectivity index (χ2n) is 5.82. The quantitative estimate of drug-likeness (QED) is 0.871. The highest BCUT2D eigenvalue weighted by atomic mass is 79.9. The molecule has 0 radical (unpaired) electrons. The zero-order valence-corrected chi connectivity index (χ0v) is 13.8. The molecule has 4 nitrogen and oxygen atoms in total. The van der Waals surface area contributed by atoms with Crippen molar-refractivity contribution < 1.29 is 9.47 Å². The zero-order chi connectivity index (χ0) is 14.7. The van der Waals surface area contributed by atoms with E-state index in [0.29, 0.717) is 25.8 Å².